The third-order valence-electron chi connectivity index (χ3n) is 3.21. The molecule has 1 heterocycles. The van der Waals surface area contributed by atoms with Gasteiger partial charge >= 0.3 is 0 Å². The van der Waals surface area contributed by atoms with Crippen LogP contribution in [-0.4, -0.2) is 13.2 Å². The first-order valence-corrected chi connectivity index (χ1v) is 8.01. The van der Waals surface area contributed by atoms with Gasteiger partial charge in [-0.15, -0.1) is 11.3 Å². The predicted molar refractivity (Wildman–Crippen MR) is 86.8 cm³/mol. The Morgan fingerprint density at radius 3 is 2.80 bits per heavy atom. The van der Waals surface area contributed by atoms with E-state index in [1.54, 1.807) is 11.3 Å². The molecular formula is C17H23NOS. The maximum Gasteiger partial charge on any atom is 0.123 e. The van der Waals surface area contributed by atoms with Gasteiger partial charge in [-0.3, -0.25) is 0 Å². The summed E-state index contributed by atoms with van der Waals surface area (Å²) in [5, 5.41) is 5.51. The molecular weight excluding hydrogens is 266 g/mol. The van der Waals surface area contributed by atoms with Gasteiger partial charge in [-0.2, -0.15) is 0 Å². The van der Waals surface area contributed by atoms with Crippen molar-refractivity contribution >= 4 is 11.3 Å². The number of ether oxygens (including phenoxy) is 1. The van der Waals surface area contributed by atoms with Crippen molar-refractivity contribution in [1.82, 2.24) is 5.32 Å². The molecule has 2 rings (SSSR count). The average Bonchev–Trinajstić information content (AvgIpc) is 2.91. The van der Waals surface area contributed by atoms with E-state index in [2.05, 4.69) is 61.8 Å². The first kappa shape index (κ1) is 15.1. The Labute approximate surface area is 125 Å². The molecule has 0 aliphatic carbocycles. The van der Waals surface area contributed by atoms with Crippen molar-refractivity contribution in [2.75, 3.05) is 13.2 Å². The summed E-state index contributed by atoms with van der Waals surface area (Å²) in [6, 6.07) is 10.7. The molecule has 1 N–H and O–H groups in total. The maximum absolute atomic E-state index is 5.94. The van der Waals surface area contributed by atoms with Crippen LogP contribution in [0.3, 0.4) is 0 Å². The Balaban J connectivity index is 1.80. The number of hydrogen-bond donors (Lipinski definition) is 1. The highest BCUT2D eigenvalue weighted by Gasteiger charge is 2.07. The van der Waals surface area contributed by atoms with E-state index >= 15 is 0 Å². The number of rotatable bonds is 7. The van der Waals surface area contributed by atoms with E-state index in [0.717, 1.165) is 18.8 Å². The number of thiophene rings is 1. The lowest BCUT2D eigenvalue weighted by molar-refractivity contribution is 0.309. The van der Waals surface area contributed by atoms with Gasteiger partial charge in [0.05, 0.1) is 0 Å². The summed E-state index contributed by atoms with van der Waals surface area (Å²) in [4.78, 5) is 1.36. The monoisotopic (exact) mass is 289 g/mol. The molecule has 2 aromatic rings. The fourth-order valence-electron chi connectivity index (χ4n) is 2.10. The summed E-state index contributed by atoms with van der Waals surface area (Å²) >= 11 is 1.78. The lowest BCUT2D eigenvalue weighted by Crippen LogP contribution is -2.20. The molecule has 108 valence electrons. The highest BCUT2D eigenvalue weighted by Crippen LogP contribution is 2.27. The first-order chi connectivity index (χ1) is 9.66. The Morgan fingerprint density at radius 1 is 1.25 bits per heavy atom. The van der Waals surface area contributed by atoms with Crippen LogP contribution in [0.5, 0.6) is 5.75 Å². The quantitative estimate of drug-likeness (QED) is 0.765. The van der Waals surface area contributed by atoms with Crippen LogP contribution in [0.2, 0.25) is 0 Å². The molecule has 1 aromatic heterocycles. The molecule has 0 spiro atoms. The minimum Gasteiger partial charge on any atom is -0.492 e. The minimum absolute atomic E-state index is 0.490. The molecule has 0 saturated heterocycles. The summed E-state index contributed by atoms with van der Waals surface area (Å²) in [5.74, 6) is 1.52. The van der Waals surface area contributed by atoms with Crippen LogP contribution in [0, 0.1) is 6.92 Å². The molecule has 1 aromatic carbocycles. The van der Waals surface area contributed by atoms with Gasteiger partial charge in [-0.25, -0.2) is 0 Å². The van der Waals surface area contributed by atoms with Crippen molar-refractivity contribution in [2.45, 2.75) is 33.2 Å². The second-order valence-electron chi connectivity index (χ2n) is 5.30. The van der Waals surface area contributed by atoms with Crippen LogP contribution in [0.25, 0.3) is 0 Å². The van der Waals surface area contributed by atoms with Crippen molar-refractivity contribution in [2.24, 2.45) is 0 Å². The Bertz CT molecular complexity index is 520. The molecule has 3 heteroatoms. The molecule has 0 radical (unpaired) electrons. The normalized spacial score (nSPS) is 11.0. The molecule has 0 saturated carbocycles. The average molecular weight is 289 g/mol. The smallest absolute Gasteiger partial charge is 0.123 e. The van der Waals surface area contributed by atoms with Crippen LogP contribution in [-0.2, 0) is 6.54 Å². The molecule has 0 amide bonds. The van der Waals surface area contributed by atoms with Gasteiger partial charge < -0.3 is 10.1 Å². The van der Waals surface area contributed by atoms with Gasteiger partial charge in [-0.1, -0.05) is 32.0 Å². The second-order valence-corrected chi connectivity index (χ2v) is 6.33. The van der Waals surface area contributed by atoms with Crippen molar-refractivity contribution in [3.63, 3.8) is 0 Å². The van der Waals surface area contributed by atoms with Crippen LogP contribution < -0.4 is 10.1 Å². The van der Waals surface area contributed by atoms with Gasteiger partial charge in [0.15, 0.2) is 0 Å². The fraction of sp³-hybridized carbons (Fsp3) is 0.412. The van der Waals surface area contributed by atoms with E-state index in [9.17, 15) is 0 Å². The minimum atomic E-state index is 0.490. The third kappa shape index (κ3) is 4.36. The predicted octanol–water partition coefficient (Wildman–Crippen LogP) is 4.35. The molecule has 20 heavy (non-hydrogen) atoms. The maximum atomic E-state index is 5.94. The standard InChI is InChI=1S/C17H23NOS/c1-13(2)16-7-6-14(3)11-17(16)19-9-8-18-12-15-5-4-10-20-15/h4-7,10-11,13,18H,8-9,12H2,1-3H3. The van der Waals surface area contributed by atoms with Crippen molar-refractivity contribution < 1.29 is 4.74 Å². The van der Waals surface area contributed by atoms with Crippen molar-refractivity contribution in [3.8, 4) is 5.75 Å². The lowest BCUT2D eigenvalue weighted by Gasteiger charge is -2.15. The van der Waals surface area contributed by atoms with Gasteiger partial charge in [0.25, 0.3) is 0 Å². The number of benzene rings is 1. The van der Waals surface area contributed by atoms with Crippen molar-refractivity contribution in [1.29, 1.82) is 0 Å². The van der Waals surface area contributed by atoms with Gasteiger partial charge in [0, 0.05) is 18.0 Å². The summed E-state index contributed by atoms with van der Waals surface area (Å²) in [6.45, 7) is 8.99. The molecule has 0 aliphatic rings. The molecule has 0 bridgehead atoms. The van der Waals surface area contributed by atoms with Gasteiger partial charge in [-0.05, 0) is 41.5 Å². The molecule has 2 nitrogen and oxygen atoms in total. The van der Waals surface area contributed by atoms with Gasteiger partial charge in [0.2, 0.25) is 0 Å². The van der Waals surface area contributed by atoms with Crippen molar-refractivity contribution in [3.05, 3.63) is 51.7 Å². The van der Waals surface area contributed by atoms with Crippen LogP contribution >= 0.6 is 11.3 Å². The summed E-state index contributed by atoms with van der Waals surface area (Å²) in [5.41, 5.74) is 2.53. The van der Waals surface area contributed by atoms with Crippen LogP contribution in [0.4, 0.5) is 0 Å². The number of aryl methyl sites for hydroxylation is 1. The zero-order chi connectivity index (χ0) is 14.4. The van der Waals surface area contributed by atoms with Crippen LogP contribution in [0.1, 0.15) is 35.8 Å². The van der Waals surface area contributed by atoms with E-state index in [0.29, 0.717) is 12.5 Å². The number of nitrogens with one attached hydrogen (secondary N) is 1. The fourth-order valence-corrected chi connectivity index (χ4v) is 2.78. The second kappa shape index (κ2) is 7.46. The van der Waals surface area contributed by atoms with Crippen LogP contribution in [0.15, 0.2) is 35.7 Å². The summed E-state index contributed by atoms with van der Waals surface area (Å²) < 4.78 is 5.94. The Kier molecular flexibility index (Phi) is 5.62. The topological polar surface area (TPSA) is 21.3 Å². The van der Waals surface area contributed by atoms with E-state index < -0.39 is 0 Å². The Morgan fingerprint density at radius 2 is 2.10 bits per heavy atom. The van der Waals surface area contributed by atoms with E-state index in [1.807, 2.05) is 0 Å². The molecule has 0 atom stereocenters. The summed E-state index contributed by atoms with van der Waals surface area (Å²) in [6.07, 6.45) is 0. The lowest BCUT2D eigenvalue weighted by atomic mass is 10.0. The SMILES string of the molecule is Cc1ccc(C(C)C)c(OCCNCc2cccs2)c1. The highest BCUT2D eigenvalue weighted by atomic mass is 32.1. The Hall–Kier alpha value is -1.32. The zero-order valence-electron chi connectivity index (χ0n) is 12.5. The van der Waals surface area contributed by atoms with E-state index in [-0.39, 0.29) is 0 Å². The largest absolute Gasteiger partial charge is 0.492 e. The van der Waals surface area contributed by atoms with E-state index in [1.165, 1.54) is 16.0 Å². The number of hydrogen-bond acceptors (Lipinski definition) is 3. The molecule has 0 fully saturated rings. The third-order valence-corrected chi connectivity index (χ3v) is 4.08. The highest BCUT2D eigenvalue weighted by molar-refractivity contribution is 7.09. The van der Waals surface area contributed by atoms with Gasteiger partial charge in [0.1, 0.15) is 12.4 Å². The first-order valence-electron chi connectivity index (χ1n) is 7.13. The zero-order valence-corrected chi connectivity index (χ0v) is 13.3. The molecule has 0 unspecified atom stereocenters. The summed E-state index contributed by atoms with van der Waals surface area (Å²) in [7, 11) is 0. The molecule has 0 aliphatic heterocycles. The van der Waals surface area contributed by atoms with E-state index in [4.69, 9.17) is 4.74 Å².